The maximum atomic E-state index is 11.6. The molecule has 6 unspecified atom stereocenters. The predicted molar refractivity (Wildman–Crippen MR) is 69.2 cm³/mol. The topological polar surface area (TPSA) is 66.8 Å². The quantitative estimate of drug-likeness (QED) is 0.514. The summed E-state index contributed by atoms with van der Waals surface area (Å²) in [6.07, 6.45) is 2.28. The average Bonchev–Trinajstić information content (AvgIpc) is 2.67. The van der Waals surface area contributed by atoms with Crippen molar-refractivity contribution in [3.63, 3.8) is 0 Å². The zero-order valence-corrected chi connectivity index (χ0v) is 11.6. The molecule has 6 atom stereocenters. The Morgan fingerprint density at radius 3 is 2.68 bits per heavy atom. The van der Waals surface area contributed by atoms with E-state index in [0.717, 1.165) is 0 Å². The lowest BCUT2D eigenvalue weighted by atomic mass is 9.74. The van der Waals surface area contributed by atoms with E-state index < -0.39 is 11.2 Å². The van der Waals surface area contributed by atoms with E-state index in [1.807, 2.05) is 6.92 Å². The normalized spacial score (nSPS) is 53.5. The first-order chi connectivity index (χ1) is 8.75. The number of ether oxygens (including phenoxy) is 1. The summed E-state index contributed by atoms with van der Waals surface area (Å²) in [6, 6.07) is 0. The second-order valence-corrected chi connectivity index (χ2v) is 6.85. The molecule has 0 spiro atoms. The van der Waals surface area contributed by atoms with E-state index in [9.17, 15) is 15.0 Å². The molecule has 106 valence electrons. The fourth-order valence-electron chi connectivity index (χ4n) is 4.37. The van der Waals surface area contributed by atoms with Crippen LogP contribution in [0.5, 0.6) is 0 Å². The van der Waals surface area contributed by atoms with Gasteiger partial charge in [0.2, 0.25) is 0 Å². The number of fused-ring (bicyclic) bond motifs is 2. The van der Waals surface area contributed by atoms with Crippen molar-refractivity contribution in [1.82, 2.24) is 0 Å². The minimum Gasteiger partial charge on any atom is -0.458 e. The minimum atomic E-state index is -0.871. The van der Waals surface area contributed by atoms with Crippen molar-refractivity contribution in [1.29, 1.82) is 0 Å². The van der Waals surface area contributed by atoms with Crippen LogP contribution in [-0.4, -0.2) is 33.5 Å². The Morgan fingerprint density at radius 1 is 1.32 bits per heavy atom. The molecule has 0 aromatic carbocycles. The molecule has 2 N–H and O–H groups in total. The molecular formula is C15H22O4. The molecule has 19 heavy (non-hydrogen) atoms. The highest BCUT2D eigenvalue weighted by Crippen LogP contribution is 2.55. The van der Waals surface area contributed by atoms with E-state index in [0.29, 0.717) is 31.3 Å². The highest BCUT2D eigenvalue weighted by atomic mass is 16.6. The Balaban J connectivity index is 1.98. The van der Waals surface area contributed by atoms with Crippen LogP contribution in [0, 0.1) is 17.8 Å². The zero-order chi connectivity index (χ0) is 14.0. The molecule has 4 heteroatoms. The fraction of sp³-hybridized carbons (Fsp3) is 0.800. The van der Waals surface area contributed by atoms with Gasteiger partial charge in [-0.25, -0.2) is 4.79 Å². The van der Waals surface area contributed by atoms with Crippen LogP contribution in [0.2, 0.25) is 0 Å². The van der Waals surface area contributed by atoms with Gasteiger partial charge < -0.3 is 14.9 Å². The molecule has 3 rings (SSSR count). The first kappa shape index (κ1) is 13.1. The van der Waals surface area contributed by atoms with Crippen molar-refractivity contribution in [3.05, 3.63) is 12.2 Å². The predicted octanol–water partition coefficient (Wildman–Crippen LogP) is 1.41. The number of rotatable bonds is 0. The van der Waals surface area contributed by atoms with Gasteiger partial charge in [0.05, 0.1) is 11.2 Å². The van der Waals surface area contributed by atoms with Crippen molar-refractivity contribution in [2.45, 2.75) is 56.8 Å². The Bertz CT molecular complexity index is 441. The minimum absolute atomic E-state index is 0.0141. The molecule has 1 aliphatic heterocycles. The third-order valence-corrected chi connectivity index (χ3v) is 5.73. The second-order valence-electron chi connectivity index (χ2n) is 6.85. The maximum Gasteiger partial charge on any atom is 0.334 e. The molecule has 3 aliphatic rings. The van der Waals surface area contributed by atoms with Crippen LogP contribution in [-0.2, 0) is 9.53 Å². The first-order valence-corrected chi connectivity index (χ1v) is 7.10. The molecule has 0 aromatic heterocycles. The molecule has 1 heterocycles. The standard InChI is InChI=1S/C15H22O4/c1-8-6-11-10(9(2)13(16)19-11)7-12-14(3,17)4-5-15(8,12)18/h8,10-12,17-18H,2,4-7H2,1,3H3. The van der Waals surface area contributed by atoms with E-state index in [2.05, 4.69) is 6.58 Å². The fourth-order valence-corrected chi connectivity index (χ4v) is 4.37. The maximum absolute atomic E-state index is 11.6. The van der Waals surface area contributed by atoms with Crippen LogP contribution < -0.4 is 0 Å². The Labute approximate surface area is 113 Å². The van der Waals surface area contributed by atoms with Gasteiger partial charge in [-0.15, -0.1) is 0 Å². The van der Waals surface area contributed by atoms with Crippen molar-refractivity contribution < 1.29 is 19.7 Å². The molecule has 2 aliphatic carbocycles. The van der Waals surface area contributed by atoms with Crippen molar-refractivity contribution in [2.24, 2.45) is 17.8 Å². The van der Waals surface area contributed by atoms with Gasteiger partial charge in [-0.1, -0.05) is 13.5 Å². The van der Waals surface area contributed by atoms with Gasteiger partial charge in [-0.05, 0) is 38.5 Å². The van der Waals surface area contributed by atoms with Crippen LogP contribution >= 0.6 is 0 Å². The lowest BCUT2D eigenvalue weighted by molar-refractivity contribution is -0.140. The summed E-state index contributed by atoms with van der Waals surface area (Å²) in [5.74, 6) is -0.569. The molecule has 0 aromatic rings. The lowest BCUT2D eigenvalue weighted by Crippen LogP contribution is -2.46. The SMILES string of the molecule is C=C1C(=O)OC2CC(C)C3(O)CCC(C)(O)C3CC12. The van der Waals surface area contributed by atoms with E-state index in [-0.39, 0.29) is 29.8 Å². The molecular weight excluding hydrogens is 244 g/mol. The number of carbonyl (C=O) groups excluding carboxylic acids is 1. The molecule has 4 nitrogen and oxygen atoms in total. The Hall–Kier alpha value is -0.870. The Morgan fingerprint density at radius 2 is 2.00 bits per heavy atom. The molecule has 3 fully saturated rings. The van der Waals surface area contributed by atoms with Crippen LogP contribution in [0.3, 0.4) is 0 Å². The number of esters is 1. The Kier molecular flexibility index (Phi) is 2.64. The summed E-state index contributed by atoms with van der Waals surface area (Å²) in [5.41, 5.74) is -1.21. The number of aliphatic hydroxyl groups is 2. The second kappa shape index (κ2) is 3.83. The highest BCUT2D eigenvalue weighted by Gasteiger charge is 2.60. The van der Waals surface area contributed by atoms with Gasteiger partial charge >= 0.3 is 5.97 Å². The summed E-state index contributed by atoms with van der Waals surface area (Å²) in [5, 5.41) is 21.5. The van der Waals surface area contributed by atoms with Gasteiger partial charge in [0.15, 0.2) is 0 Å². The number of hydrogen-bond acceptors (Lipinski definition) is 4. The van der Waals surface area contributed by atoms with Gasteiger partial charge in [-0.2, -0.15) is 0 Å². The van der Waals surface area contributed by atoms with Crippen molar-refractivity contribution in [2.75, 3.05) is 0 Å². The first-order valence-electron chi connectivity index (χ1n) is 7.10. The van der Waals surface area contributed by atoms with E-state index in [1.54, 1.807) is 6.92 Å². The van der Waals surface area contributed by atoms with E-state index in [1.165, 1.54) is 0 Å². The van der Waals surface area contributed by atoms with Crippen LogP contribution in [0.1, 0.15) is 39.5 Å². The number of carbonyl (C=O) groups is 1. The summed E-state index contributed by atoms with van der Waals surface area (Å²) in [6.45, 7) is 7.62. The highest BCUT2D eigenvalue weighted by molar-refractivity contribution is 5.90. The van der Waals surface area contributed by atoms with Gasteiger partial charge in [0, 0.05) is 17.4 Å². The molecule has 0 bridgehead atoms. The molecule has 0 amide bonds. The van der Waals surface area contributed by atoms with Crippen LogP contribution in [0.15, 0.2) is 12.2 Å². The van der Waals surface area contributed by atoms with Gasteiger partial charge in [0.1, 0.15) is 6.10 Å². The van der Waals surface area contributed by atoms with E-state index >= 15 is 0 Å². The summed E-state index contributed by atoms with van der Waals surface area (Å²) in [4.78, 5) is 11.6. The van der Waals surface area contributed by atoms with Crippen molar-refractivity contribution >= 4 is 5.97 Å². The van der Waals surface area contributed by atoms with Gasteiger partial charge in [0.25, 0.3) is 0 Å². The van der Waals surface area contributed by atoms with Gasteiger partial charge in [-0.3, -0.25) is 0 Å². The third kappa shape index (κ3) is 1.69. The average molecular weight is 266 g/mol. The summed E-state index contributed by atoms with van der Waals surface area (Å²) < 4.78 is 5.38. The smallest absolute Gasteiger partial charge is 0.334 e. The largest absolute Gasteiger partial charge is 0.458 e. The van der Waals surface area contributed by atoms with Crippen LogP contribution in [0.25, 0.3) is 0 Å². The van der Waals surface area contributed by atoms with Crippen molar-refractivity contribution in [3.8, 4) is 0 Å². The third-order valence-electron chi connectivity index (χ3n) is 5.73. The van der Waals surface area contributed by atoms with E-state index in [4.69, 9.17) is 4.74 Å². The molecule has 0 radical (unpaired) electrons. The molecule has 2 saturated carbocycles. The zero-order valence-electron chi connectivity index (χ0n) is 11.6. The number of hydrogen-bond donors (Lipinski definition) is 2. The monoisotopic (exact) mass is 266 g/mol. The summed E-state index contributed by atoms with van der Waals surface area (Å²) in [7, 11) is 0. The lowest BCUT2D eigenvalue weighted by Gasteiger charge is -2.38. The molecule has 1 saturated heterocycles. The summed E-state index contributed by atoms with van der Waals surface area (Å²) >= 11 is 0. The van der Waals surface area contributed by atoms with Crippen LogP contribution in [0.4, 0.5) is 0 Å².